The van der Waals surface area contributed by atoms with Crippen LogP contribution < -0.4 is 5.32 Å². The molecule has 0 bridgehead atoms. The van der Waals surface area contributed by atoms with E-state index in [2.05, 4.69) is 15.5 Å². The van der Waals surface area contributed by atoms with E-state index in [1.165, 1.54) is 6.08 Å². The van der Waals surface area contributed by atoms with Crippen LogP contribution in [0.15, 0.2) is 30.1 Å². The maximum atomic E-state index is 12.1. The van der Waals surface area contributed by atoms with Crippen molar-refractivity contribution in [1.82, 2.24) is 15.1 Å². The minimum atomic E-state index is -0.430. The molecule has 7 heteroatoms. The first kappa shape index (κ1) is 13.3. The van der Waals surface area contributed by atoms with Crippen LogP contribution in [0.3, 0.4) is 0 Å². The predicted molar refractivity (Wildman–Crippen MR) is 76.3 cm³/mol. The highest BCUT2D eigenvalue weighted by molar-refractivity contribution is 6.17. The van der Waals surface area contributed by atoms with Gasteiger partial charge in [-0.05, 0) is 24.6 Å². The molecule has 3 N–H and O–H groups in total. The second kappa shape index (κ2) is 5.02. The molecule has 2 heterocycles. The van der Waals surface area contributed by atoms with E-state index in [-0.39, 0.29) is 18.8 Å². The topological polar surface area (TPSA) is 98.3 Å². The average Bonchev–Trinajstić information content (AvgIpc) is 2.99. The van der Waals surface area contributed by atoms with Crippen LogP contribution in [-0.4, -0.2) is 45.2 Å². The molecule has 1 aromatic heterocycles. The molecule has 0 saturated carbocycles. The Balaban J connectivity index is 1.88. The van der Waals surface area contributed by atoms with Crippen LogP contribution in [0, 0.1) is 6.92 Å². The number of amides is 2. The van der Waals surface area contributed by atoms with Gasteiger partial charge in [-0.25, -0.2) is 0 Å². The number of nitrogens with one attached hydrogen (secondary N) is 2. The van der Waals surface area contributed by atoms with E-state index < -0.39 is 11.8 Å². The highest BCUT2D eigenvalue weighted by atomic mass is 16.3. The van der Waals surface area contributed by atoms with Gasteiger partial charge in [0.25, 0.3) is 11.8 Å². The highest BCUT2D eigenvalue weighted by Gasteiger charge is 2.30. The number of aromatic nitrogens is 2. The summed E-state index contributed by atoms with van der Waals surface area (Å²) in [6.07, 6.45) is 2.94. The maximum absolute atomic E-state index is 12.1. The monoisotopic (exact) mass is 286 g/mol. The average molecular weight is 286 g/mol. The van der Waals surface area contributed by atoms with Crippen molar-refractivity contribution >= 4 is 28.4 Å². The molecule has 1 aliphatic rings. The lowest BCUT2D eigenvalue weighted by atomic mass is 10.1. The van der Waals surface area contributed by atoms with Gasteiger partial charge in [-0.1, -0.05) is 0 Å². The van der Waals surface area contributed by atoms with Crippen molar-refractivity contribution in [3.8, 4) is 0 Å². The molecule has 21 heavy (non-hydrogen) atoms. The number of imide groups is 1. The molecule has 0 fully saturated rings. The fourth-order valence-electron chi connectivity index (χ4n) is 2.29. The zero-order valence-electron chi connectivity index (χ0n) is 11.4. The minimum absolute atomic E-state index is 0.000898. The van der Waals surface area contributed by atoms with Crippen molar-refractivity contribution in [1.29, 1.82) is 0 Å². The SMILES string of the molecule is Cc1cc2[nH]ncc2cc1NC1=CC(=O)N(CCO)C1=O. The molecule has 2 amide bonds. The zero-order chi connectivity index (χ0) is 15.0. The number of H-pyrrole nitrogens is 1. The van der Waals surface area contributed by atoms with Gasteiger partial charge in [-0.2, -0.15) is 5.10 Å². The largest absolute Gasteiger partial charge is 0.395 e. The van der Waals surface area contributed by atoms with Crippen molar-refractivity contribution in [2.24, 2.45) is 0 Å². The van der Waals surface area contributed by atoms with Gasteiger partial charge >= 0.3 is 0 Å². The van der Waals surface area contributed by atoms with E-state index in [1.54, 1.807) is 6.20 Å². The summed E-state index contributed by atoms with van der Waals surface area (Å²) in [6.45, 7) is 1.65. The van der Waals surface area contributed by atoms with Gasteiger partial charge in [0.2, 0.25) is 0 Å². The molecule has 0 spiro atoms. The summed E-state index contributed by atoms with van der Waals surface area (Å²) in [6, 6.07) is 3.78. The molecule has 0 atom stereocenters. The number of rotatable bonds is 4. The van der Waals surface area contributed by atoms with Crippen LogP contribution in [0.2, 0.25) is 0 Å². The summed E-state index contributed by atoms with van der Waals surface area (Å²) < 4.78 is 0. The lowest BCUT2D eigenvalue weighted by Crippen LogP contribution is -2.34. The molecule has 1 aromatic carbocycles. The standard InChI is InChI=1S/C14H14N4O3/c1-8-4-11-9(7-15-17-11)5-10(8)16-12-6-13(20)18(2-3-19)14(12)21/h4-7,16,19H,2-3H2,1H3,(H,15,17). The molecule has 0 saturated heterocycles. The molecular weight excluding hydrogens is 272 g/mol. The molecular formula is C14H14N4O3. The first-order valence-corrected chi connectivity index (χ1v) is 6.49. The smallest absolute Gasteiger partial charge is 0.277 e. The molecule has 3 rings (SSSR count). The Morgan fingerprint density at radius 2 is 2.19 bits per heavy atom. The second-order valence-corrected chi connectivity index (χ2v) is 4.83. The van der Waals surface area contributed by atoms with Crippen LogP contribution in [0.4, 0.5) is 5.69 Å². The molecule has 0 radical (unpaired) electrons. The van der Waals surface area contributed by atoms with Crippen molar-refractivity contribution in [3.63, 3.8) is 0 Å². The number of fused-ring (bicyclic) bond motifs is 1. The van der Waals surface area contributed by atoms with Gasteiger partial charge in [0.05, 0.1) is 24.9 Å². The number of β-amino-alcohol motifs (C(OH)–C–C–N with tert-alkyl or cyclic N) is 1. The number of hydrogen-bond donors (Lipinski definition) is 3. The van der Waals surface area contributed by atoms with Crippen LogP contribution in [0.1, 0.15) is 5.56 Å². The third-order valence-electron chi connectivity index (χ3n) is 3.39. The molecule has 7 nitrogen and oxygen atoms in total. The number of aryl methyl sites for hydroxylation is 1. The van der Waals surface area contributed by atoms with E-state index in [1.807, 2.05) is 19.1 Å². The quantitative estimate of drug-likeness (QED) is 0.712. The molecule has 1 aliphatic heterocycles. The van der Waals surface area contributed by atoms with Crippen LogP contribution in [-0.2, 0) is 9.59 Å². The fraction of sp³-hybridized carbons (Fsp3) is 0.214. The maximum Gasteiger partial charge on any atom is 0.277 e. The van der Waals surface area contributed by atoms with Crippen molar-refractivity contribution in [3.05, 3.63) is 35.7 Å². The van der Waals surface area contributed by atoms with Gasteiger partial charge in [0, 0.05) is 17.1 Å². The summed E-state index contributed by atoms with van der Waals surface area (Å²) in [7, 11) is 0. The van der Waals surface area contributed by atoms with E-state index >= 15 is 0 Å². The number of aliphatic hydroxyl groups excluding tert-OH is 1. The van der Waals surface area contributed by atoms with Crippen molar-refractivity contribution in [2.45, 2.75) is 6.92 Å². The van der Waals surface area contributed by atoms with Gasteiger partial charge < -0.3 is 10.4 Å². The van der Waals surface area contributed by atoms with Crippen LogP contribution in [0.25, 0.3) is 10.9 Å². The lowest BCUT2D eigenvalue weighted by Gasteiger charge is -2.14. The Morgan fingerprint density at radius 1 is 1.38 bits per heavy atom. The number of nitrogens with zero attached hydrogens (tertiary/aromatic N) is 2. The first-order valence-electron chi connectivity index (χ1n) is 6.49. The summed E-state index contributed by atoms with van der Waals surface area (Å²) in [5.74, 6) is -0.848. The number of carbonyl (C=O) groups excluding carboxylic acids is 2. The predicted octanol–water partition coefficient (Wildman–Crippen LogP) is 0.528. The second-order valence-electron chi connectivity index (χ2n) is 4.83. The van der Waals surface area contributed by atoms with E-state index in [9.17, 15) is 9.59 Å². The Hall–Kier alpha value is -2.67. The highest BCUT2D eigenvalue weighted by Crippen LogP contribution is 2.24. The van der Waals surface area contributed by atoms with E-state index in [0.29, 0.717) is 0 Å². The van der Waals surface area contributed by atoms with Gasteiger partial charge in [-0.3, -0.25) is 19.6 Å². The Bertz CT molecular complexity index is 763. The molecule has 0 unspecified atom stereocenters. The molecule has 108 valence electrons. The fourth-order valence-corrected chi connectivity index (χ4v) is 2.29. The summed E-state index contributed by atoms with van der Waals surface area (Å²) >= 11 is 0. The van der Waals surface area contributed by atoms with Crippen LogP contribution in [0.5, 0.6) is 0 Å². The number of aliphatic hydroxyl groups is 1. The molecule has 2 aromatic rings. The van der Waals surface area contributed by atoms with Crippen LogP contribution >= 0.6 is 0 Å². The number of hydrogen-bond acceptors (Lipinski definition) is 5. The Labute approximate surface area is 120 Å². The number of carbonyl (C=O) groups is 2. The zero-order valence-corrected chi connectivity index (χ0v) is 11.4. The summed E-state index contributed by atoms with van der Waals surface area (Å²) in [4.78, 5) is 24.8. The third-order valence-corrected chi connectivity index (χ3v) is 3.39. The number of anilines is 1. The lowest BCUT2D eigenvalue weighted by molar-refractivity contribution is -0.137. The Morgan fingerprint density at radius 3 is 2.95 bits per heavy atom. The van der Waals surface area contributed by atoms with E-state index in [0.717, 1.165) is 27.1 Å². The van der Waals surface area contributed by atoms with E-state index in [4.69, 9.17) is 5.11 Å². The van der Waals surface area contributed by atoms with Crippen molar-refractivity contribution < 1.29 is 14.7 Å². The minimum Gasteiger partial charge on any atom is -0.395 e. The number of aromatic amines is 1. The first-order chi connectivity index (χ1) is 10.1. The van der Waals surface area contributed by atoms with Gasteiger partial charge in [-0.15, -0.1) is 0 Å². The van der Waals surface area contributed by atoms with Gasteiger partial charge in [0.1, 0.15) is 5.70 Å². The summed E-state index contributed by atoms with van der Waals surface area (Å²) in [5, 5.41) is 19.6. The Kier molecular flexibility index (Phi) is 3.19. The van der Waals surface area contributed by atoms with Gasteiger partial charge in [0.15, 0.2) is 0 Å². The molecule has 0 aliphatic carbocycles. The third kappa shape index (κ3) is 2.27. The number of benzene rings is 1. The van der Waals surface area contributed by atoms with Crippen molar-refractivity contribution in [2.75, 3.05) is 18.5 Å². The summed E-state index contributed by atoms with van der Waals surface area (Å²) in [5.41, 5.74) is 2.78. The normalized spacial score (nSPS) is 15.0.